The van der Waals surface area contributed by atoms with Crippen LogP contribution < -0.4 is 0 Å². The highest BCUT2D eigenvalue weighted by molar-refractivity contribution is 7.32. The lowest BCUT2D eigenvalue weighted by molar-refractivity contribution is -0.0285. The molecule has 0 aliphatic carbocycles. The molecule has 19 heavy (non-hydrogen) atoms. The van der Waals surface area contributed by atoms with Gasteiger partial charge in [0.25, 0.3) is 0 Å². The molecule has 0 amide bonds. The Morgan fingerprint density at radius 1 is 1.21 bits per heavy atom. The van der Waals surface area contributed by atoms with Gasteiger partial charge in [0.2, 0.25) is 0 Å². The zero-order valence-corrected chi connectivity index (χ0v) is 12.9. The molecule has 0 saturated carbocycles. The summed E-state index contributed by atoms with van der Waals surface area (Å²) in [5.74, 6) is 0.154. The normalized spacial score (nSPS) is 12.9. The number of hydrogen-bond acceptors (Lipinski definition) is 2. The van der Waals surface area contributed by atoms with Crippen LogP contribution in [0.1, 0.15) is 38.8 Å². The molecule has 0 aliphatic heterocycles. The van der Waals surface area contributed by atoms with Crippen LogP contribution in [-0.2, 0) is 14.7 Å². The minimum atomic E-state index is -2.66. The molecule has 1 unspecified atom stereocenters. The maximum atomic E-state index is 11.2. The third kappa shape index (κ3) is 3.30. The van der Waals surface area contributed by atoms with Gasteiger partial charge in [0.1, 0.15) is 0 Å². The summed E-state index contributed by atoms with van der Waals surface area (Å²) in [6.07, 6.45) is 1.77. The summed E-state index contributed by atoms with van der Waals surface area (Å²) in [5.41, 5.74) is 1.17. The zero-order valence-electron chi connectivity index (χ0n) is 12.0. The monoisotopic (exact) mass is 281 g/mol. The summed E-state index contributed by atoms with van der Waals surface area (Å²) in [4.78, 5) is 9.22. The van der Waals surface area contributed by atoms with Gasteiger partial charge in [-0.2, -0.15) is 0 Å². The first-order chi connectivity index (χ1) is 8.84. The third-order valence-corrected chi connectivity index (χ3v) is 4.00. The second-order valence-electron chi connectivity index (χ2n) is 5.26. The molecule has 1 atom stereocenters. The molecule has 1 N–H and O–H groups in total. The van der Waals surface area contributed by atoms with Gasteiger partial charge in [0, 0.05) is 4.57 Å². The van der Waals surface area contributed by atoms with E-state index in [0.29, 0.717) is 0 Å². The van der Waals surface area contributed by atoms with Crippen LogP contribution in [0.2, 0.25) is 0 Å². The minimum absolute atomic E-state index is 0.0770. The molecule has 3 nitrogen and oxygen atoms in total. The highest BCUT2D eigenvalue weighted by Crippen LogP contribution is 2.46. The van der Waals surface area contributed by atoms with E-state index >= 15 is 0 Å². The van der Waals surface area contributed by atoms with Gasteiger partial charge < -0.3 is 0 Å². The van der Waals surface area contributed by atoms with Gasteiger partial charge in [0.05, 0.1) is 0 Å². The van der Waals surface area contributed by atoms with Gasteiger partial charge in [-0.15, -0.1) is 9.42 Å². The Morgan fingerprint density at radius 2 is 1.68 bits per heavy atom. The Hall–Kier alpha value is -1.02. The second-order valence-corrected chi connectivity index (χ2v) is 5.92. The fourth-order valence-electron chi connectivity index (χ4n) is 2.61. The van der Waals surface area contributed by atoms with Crippen LogP contribution in [0.4, 0.5) is 0 Å². The molecule has 0 heterocycles. The second kappa shape index (κ2) is 6.42. The van der Waals surface area contributed by atoms with Gasteiger partial charge in [0.15, 0.2) is 5.60 Å². The Balaban J connectivity index is 3.34. The van der Waals surface area contributed by atoms with Gasteiger partial charge in [-0.1, -0.05) is 64.6 Å². The summed E-state index contributed by atoms with van der Waals surface area (Å²) >= 11 is 0. The highest BCUT2D eigenvalue weighted by Gasteiger charge is 2.47. The number of hydrogen-bond donors (Lipinski definition) is 1. The van der Waals surface area contributed by atoms with Crippen LogP contribution >= 0.6 is 8.25 Å². The summed E-state index contributed by atoms with van der Waals surface area (Å²) in [5, 5.41) is 0. The quantitative estimate of drug-likeness (QED) is 0.781. The first kappa shape index (κ1) is 16.0. The molecule has 1 aromatic carbocycles. The van der Waals surface area contributed by atoms with Crippen LogP contribution in [0.5, 0.6) is 0 Å². The minimum Gasteiger partial charge on any atom is -0.133 e. The van der Waals surface area contributed by atoms with Crippen molar-refractivity contribution in [2.75, 3.05) is 0 Å². The van der Waals surface area contributed by atoms with E-state index in [1.807, 2.05) is 52.0 Å². The zero-order chi connectivity index (χ0) is 14.6. The molecule has 104 valence electrons. The first-order valence-corrected chi connectivity index (χ1v) is 7.55. The average molecular weight is 281 g/mol. The third-order valence-electron chi connectivity index (χ3n) is 3.54. The number of rotatable bonds is 6. The lowest BCUT2D eigenvalue weighted by Crippen LogP contribution is -2.39. The number of benzene rings is 1. The molecular formula is C15H22O3P+. The largest absolute Gasteiger partial charge is 0.695 e. The van der Waals surface area contributed by atoms with Crippen LogP contribution in [0.15, 0.2) is 30.8 Å². The van der Waals surface area contributed by atoms with E-state index in [9.17, 15) is 9.46 Å². The molecule has 0 spiro atoms. The van der Waals surface area contributed by atoms with Crippen LogP contribution in [-0.4, -0.2) is 4.89 Å². The molecule has 1 rings (SSSR count). The first-order valence-electron chi connectivity index (χ1n) is 6.42. The van der Waals surface area contributed by atoms with E-state index < -0.39 is 13.9 Å². The van der Waals surface area contributed by atoms with E-state index in [-0.39, 0.29) is 11.8 Å². The Bertz CT molecular complexity index is 441. The van der Waals surface area contributed by atoms with Gasteiger partial charge in [-0.3, -0.25) is 0 Å². The average Bonchev–Trinajstić information content (AvgIpc) is 2.35. The molecule has 0 radical (unpaired) electrons. The molecule has 0 fully saturated rings. The van der Waals surface area contributed by atoms with Crippen molar-refractivity contribution in [3.05, 3.63) is 42.0 Å². The predicted molar refractivity (Wildman–Crippen MR) is 78.8 cm³/mol. The van der Waals surface area contributed by atoms with Gasteiger partial charge >= 0.3 is 8.25 Å². The molecule has 4 heteroatoms. The molecule has 0 saturated heterocycles. The van der Waals surface area contributed by atoms with E-state index in [4.69, 9.17) is 4.52 Å². The van der Waals surface area contributed by atoms with Crippen LogP contribution in [0.3, 0.4) is 0 Å². The van der Waals surface area contributed by atoms with Crippen molar-refractivity contribution in [3.63, 3.8) is 0 Å². The van der Waals surface area contributed by atoms with Crippen molar-refractivity contribution < 1.29 is 14.0 Å². The van der Waals surface area contributed by atoms with Gasteiger partial charge in [-0.25, -0.2) is 0 Å². The molecule has 1 aromatic rings. The van der Waals surface area contributed by atoms with Crippen LogP contribution in [0.25, 0.3) is 6.08 Å². The maximum Gasteiger partial charge on any atom is 0.695 e. The molecule has 0 aromatic heterocycles. The van der Waals surface area contributed by atoms with E-state index in [0.717, 1.165) is 11.1 Å². The van der Waals surface area contributed by atoms with E-state index in [2.05, 4.69) is 6.58 Å². The predicted octanol–water partition coefficient (Wildman–Crippen LogP) is 4.50. The summed E-state index contributed by atoms with van der Waals surface area (Å²) in [7, 11) is -2.66. The van der Waals surface area contributed by atoms with E-state index in [1.165, 1.54) is 0 Å². The Labute approximate surface area is 116 Å². The van der Waals surface area contributed by atoms with Crippen molar-refractivity contribution in [1.29, 1.82) is 0 Å². The lowest BCUT2D eigenvalue weighted by atomic mass is 9.75. The fourth-order valence-corrected chi connectivity index (χ4v) is 3.39. The van der Waals surface area contributed by atoms with E-state index in [1.54, 1.807) is 6.08 Å². The smallest absolute Gasteiger partial charge is 0.133 e. The summed E-state index contributed by atoms with van der Waals surface area (Å²) < 4.78 is 16.7. The van der Waals surface area contributed by atoms with Gasteiger partial charge in [-0.05, 0) is 23.0 Å². The van der Waals surface area contributed by atoms with Crippen molar-refractivity contribution in [2.24, 2.45) is 11.8 Å². The maximum absolute atomic E-state index is 11.2. The Morgan fingerprint density at radius 3 is 2.00 bits per heavy atom. The van der Waals surface area contributed by atoms with Crippen molar-refractivity contribution >= 4 is 14.3 Å². The highest BCUT2D eigenvalue weighted by atomic mass is 31.1. The molecule has 0 bridgehead atoms. The Kier molecular flexibility index (Phi) is 5.42. The van der Waals surface area contributed by atoms with Crippen LogP contribution in [0, 0.1) is 11.8 Å². The van der Waals surface area contributed by atoms with Crippen molar-refractivity contribution in [2.45, 2.75) is 33.3 Å². The summed E-state index contributed by atoms with van der Waals surface area (Å²) in [6, 6.07) is 7.76. The fraction of sp³-hybridized carbons (Fsp3) is 0.467. The standard InChI is InChI=1S/C15H21O3P/c1-6-13-7-9-14(10-8-13)15(11(2)3,12(4)5)18-19(16)17/h6-12H,1H2,2-5H3/p+1. The lowest BCUT2D eigenvalue weighted by Gasteiger charge is -2.35. The van der Waals surface area contributed by atoms with Crippen molar-refractivity contribution in [3.8, 4) is 0 Å². The molecular weight excluding hydrogens is 259 g/mol. The molecule has 0 aliphatic rings. The SMILES string of the molecule is C=Cc1ccc(C(O[P+](=O)O)(C(C)C)C(C)C)cc1. The summed E-state index contributed by atoms with van der Waals surface area (Å²) in [6.45, 7) is 11.7. The van der Waals surface area contributed by atoms with Crippen molar-refractivity contribution in [1.82, 2.24) is 0 Å². The topological polar surface area (TPSA) is 46.5 Å².